The van der Waals surface area contributed by atoms with Crippen LogP contribution in [-0.2, 0) is 9.53 Å². The molecule has 1 heterocycles. The van der Waals surface area contributed by atoms with Crippen LogP contribution in [0.1, 0.15) is 19.8 Å². The predicted molar refractivity (Wildman–Crippen MR) is 42.1 cm³/mol. The highest BCUT2D eigenvalue weighted by Crippen LogP contribution is 2.20. The maximum Gasteiger partial charge on any atom is 0.308 e. The van der Waals surface area contributed by atoms with Crippen molar-refractivity contribution >= 4 is 21.9 Å². The minimum absolute atomic E-state index is 0.0456. The molecule has 1 rings (SSSR count). The molecule has 3 heteroatoms. The fraction of sp³-hybridized carbons (Fsp3) is 0.857. The smallest absolute Gasteiger partial charge is 0.308 e. The van der Waals surface area contributed by atoms with Crippen molar-refractivity contribution < 1.29 is 9.53 Å². The summed E-state index contributed by atoms with van der Waals surface area (Å²) >= 11 is 3.28. The molecule has 0 aromatic carbocycles. The van der Waals surface area contributed by atoms with Crippen molar-refractivity contribution in [2.24, 2.45) is 5.92 Å². The third-order valence-electron chi connectivity index (χ3n) is 1.78. The zero-order chi connectivity index (χ0) is 7.56. The average Bonchev–Trinajstić information content (AvgIpc) is 1.95. The predicted octanol–water partition coefficient (Wildman–Crippen LogP) is 1.72. The molecule has 1 aliphatic heterocycles. The SMILES string of the molecule is CC1CCC(CBr)OC1=O. The Labute approximate surface area is 69.1 Å². The van der Waals surface area contributed by atoms with E-state index in [2.05, 4.69) is 15.9 Å². The lowest BCUT2D eigenvalue weighted by Gasteiger charge is -2.24. The molecule has 0 saturated carbocycles. The van der Waals surface area contributed by atoms with E-state index in [0.29, 0.717) is 0 Å². The van der Waals surface area contributed by atoms with Crippen LogP contribution >= 0.6 is 15.9 Å². The van der Waals surface area contributed by atoms with E-state index in [0.717, 1.165) is 18.2 Å². The molecule has 0 spiro atoms. The van der Waals surface area contributed by atoms with Gasteiger partial charge in [-0.25, -0.2) is 0 Å². The second-order valence-electron chi connectivity index (χ2n) is 2.69. The molecule has 0 N–H and O–H groups in total. The largest absolute Gasteiger partial charge is 0.461 e. The molecule has 10 heavy (non-hydrogen) atoms. The van der Waals surface area contributed by atoms with E-state index in [-0.39, 0.29) is 18.0 Å². The number of halogens is 1. The quantitative estimate of drug-likeness (QED) is 0.483. The summed E-state index contributed by atoms with van der Waals surface area (Å²) in [4.78, 5) is 10.9. The van der Waals surface area contributed by atoms with Crippen LogP contribution in [0.25, 0.3) is 0 Å². The summed E-state index contributed by atoms with van der Waals surface area (Å²) in [6.07, 6.45) is 2.08. The van der Waals surface area contributed by atoms with E-state index in [9.17, 15) is 4.79 Å². The molecule has 0 amide bonds. The molecule has 0 aromatic rings. The zero-order valence-electron chi connectivity index (χ0n) is 5.97. The fourth-order valence-electron chi connectivity index (χ4n) is 1.00. The van der Waals surface area contributed by atoms with Gasteiger partial charge in [-0.05, 0) is 12.8 Å². The van der Waals surface area contributed by atoms with Crippen molar-refractivity contribution in [3.05, 3.63) is 0 Å². The number of carbonyl (C=O) groups excluding carboxylic acids is 1. The first-order valence-corrected chi connectivity index (χ1v) is 4.62. The Hall–Kier alpha value is -0.0500. The Morgan fingerprint density at radius 2 is 2.40 bits per heavy atom. The van der Waals surface area contributed by atoms with Gasteiger partial charge < -0.3 is 4.74 Å². The Morgan fingerprint density at radius 1 is 1.70 bits per heavy atom. The van der Waals surface area contributed by atoms with Crippen LogP contribution in [0, 0.1) is 5.92 Å². The summed E-state index contributed by atoms with van der Waals surface area (Å²) in [7, 11) is 0. The Balaban J connectivity index is 2.41. The summed E-state index contributed by atoms with van der Waals surface area (Å²) in [5.74, 6) is 0.0611. The first-order chi connectivity index (χ1) is 4.74. The van der Waals surface area contributed by atoms with E-state index in [4.69, 9.17) is 4.74 Å². The topological polar surface area (TPSA) is 26.3 Å². The van der Waals surface area contributed by atoms with Crippen LogP contribution in [0.5, 0.6) is 0 Å². The highest BCUT2D eigenvalue weighted by molar-refractivity contribution is 9.09. The highest BCUT2D eigenvalue weighted by atomic mass is 79.9. The molecule has 1 fully saturated rings. The van der Waals surface area contributed by atoms with E-state index >= 15 is 0 Å². The van der Waals surface area contributed by atoms with Crippen molar-refractivity contribution in [1.29, 1.82) is 0 Å². The van der Waals surface area contributed by atoms with Gasteiger partial charge in [0.15, 0.2) is 0 Å². The molecule has 1 aliphatic rings. The summed E-state index contributed by atoms with van der Waals surface area (Å²) in [5, 5.41) is 0.769. The van der Waals surface area contributed by atoms with Gasteiger partial charge in [-0.1, -0.05) is 22.9 Å². The molecule has 0 bridgehead atoms. The van der Waals surface area contributed by atoms with Gasteiger partial charge in [-0.3, -0.25) is 4.79 Å². The monoisotopic (exact) mass is 206 g/mol. The van der Waals surface area contributed by atoms with Gasteiger partial charge in [0.1, 0.15) is 6.10 Å². The van der Waals surface area contributed by atoms with Crippen LogP contribution in [0.15, 0.2) is 0 Å². The average molecular weight is 207 g/mol. The lowest BCUT2D eigenvalue weighted by molar-refractivity contribution is -0.157. The molecular weight excluding hydrogens is 196 g/mol. The molecule has 58 valence electrons. The highest BCUT2D eigenvalue weighted by Gasteiger charge is 2.25. The molecule has 2 unspecified atom stereocenters. The number of rotatable bonds is 1. The fourth-order valence-corrected chi connectivity index (χ4v) is 1.46. The van der Waals surface area contributed by atoms with E-state index < -0.39 is 0 Å². The minimum atomic E-state index is -0.0456. The Bertz CT molecular complexity index is 136. The number of alkyl halides is 1. The number of hydrogen-bond donors (Lipinski definition) is 0. The lowest BCUT2D eigenvalue weighted by atomic mass is 10.0. The number of carbonyl (C=O) groups is 1. The van der Waals surface area contributed by atoms with E-state index in [1.165, 1.54) is 0 Å². The van der Waals surface area contributed by atoms with Gasteiger partial charge in [0.2, 0.25) is 0 Å². The minimum Gasteiger partial charge on any atom is -0.461 e. The van der Waals surface area contributed by atoms with E-state index in [1.807, 2.05) is 6.92 Å². The van der Waals surface area contributed by atoms with Gasteiger partial charge in [-0.15, -0.1) is 0 Å². The summed E-state index contributed by atoms with van der Waals surface area (Å²) < 4.78 is 5.06. The van der Waals surface area contributed by atoms with Crippen molar-refractivity contribution in [3.63, 3.8) is 0 Å². The molecule has 2 nitrogen and oxygen atoms in total. The van der Waals surface area contributed by atoms with Crippen molar-refractivity contribution in [3.8, 4) is 0 Å². The number of hydrogen-bond acceptors (Lipinski definition) is 2. The zero-order valence-corrected chi connectivity index (χ0v) is 7.56. The van der Waals surface area contributed by atoms with Crippen molar-refractivity contribution in [2.45, 2.75) is 25.9 Å². The first-order valence-electron chi connectivity index (χ1n) is 3.50. The van der Waals surface area contributed by atoms with Crippen LogP contribution < -0.4 is 0 Å². The van der Waals surface area contributed by atoms with Crippen LogP contribution in [0.4, 0.5) is 0 Å². The van der Waals surface area contributed by atoms with Crippen LogP contribution in [0.3, 0.4) is 0 Å². The maximum atomic E-state index is 10.9. The molecule has 1 saturated heterocycles. The normalized spacial score (nSPS) is 33.6. The van der Waals surface area contributed by atoms with Gasteiger partial charge >= 0.3 is 5.97 Å². The second-order valence-corrected chi connectivity index (χ2v) is 3.34. The standard InChI is InChI=1S/C7H11BrO2/c1-5-2-3-6(4-8)10-7(5)9/h5-6H,2-4H2,1H3. The lowest BCUT2D eigenvalue weighted by Crippen LogP contribution is -2.30. The molecule has 2 atom stereocenters. The van der Waals surface area contributed by atoms with Gasteiger partial charge in [-0.2, -0.15) is 0 Å². The number of cyclic esters (lactones) is 1. The second kappa shape index (κ2) is 3.37. The van der Waals surface area contributed by atoms with Gasteiger partial charge in [0.05, 0.1) is 5.92 Å². The Morgan fingerprint density at radius 3 is 2.90 bits per heavy atom. The number of esters is 1. The maximum absolute atomic E-state index is 10.9. The van der Waals surface area contributed by atoms with Crippen molar-refractivity contribution in [1.82, 2.24) is 0 Å². The third kappa shape index (κ3) is 1.72. The third-order valence-corrected chi connectivity index (χ3v) is 2.50. The van der Waals surface area contributed by atoms with Crippen LogP contribution in [-0.4, -0.2) is 17.4 Å². The molecule has 0 aliphatic carbocycles. The summed E-state index contributed by atoms with van der Waals surface area (Å²) in [6.45, 7) is 1.91. The first kappa shape index (κ1) is 8.05. The van der Waals surface area contributed by atoms with E-state index in [1.54, 1.807) is 0 Å². The molecule has 0 radical (unpaired) electrons. The van der Waals surface area contributed by atoms with Gasteiger partial charge in [0, 0.05) is 5.33 Å². The molecular formula is C7H11BrO2. The van der Waals surface area contributed by atoms with Crippen molar-refractivity contribution in [2.75, 3.05) is 5.33 Å². The summed E-state index contributed by atoms with van der Waals surface area (Å²) in [6, 6.07) is 0. The molecule has 0 aromatic heterocycles. The van der Waals surface area contributed by atoms with Gasteiger partial charge in [0.25, 0.3) is 0 Å². The number of ether oxygens (including phenoxy) is 1. The summed E-state index contributed by atoms with van der Waals surface area (Å²) in [5.41, 5.74) is 0. The Kier molecular flexibility index (Phi) is 2.72. The van der Waals surface area contributed by atoms with Crippen LogP contribution in [0.2, 0.25) is 0 Å².